The van der Waals surface area contributed by atoms with Gasteiger partial charge in [-0.1, -0.05) is 6.07 Å². The van der Waals surface area contributed by atoms with Crippen molar-refractivity contribution in [3.63, 3.8) is 0 Å². The Morgan fingerprint density at radius 1 is 1.75 bits per heavy atom. The highest BCUT2D eigenvalue weighted by molar-refractivity contribution is 7.09. The van der Waals surface area contributed by atoms with Crippen molar-refractivity contribution < 1.29 is 4.79 Å². The van der Waals surface area contributed by atoms with Crippen molar-refractivity contribution >= 4 is 17.2 Å². The van der Waals surface area contributed by atoms with Gasteiger partial charge in [-0.25, -0.2) is 0 Å². The molecule has 1 fully saturated rings. The first kappa shape index (κ1) is 11.6. The number of nitrogens with one attached hydrogen (secondary N) is 2. The lowest BCUT2D eigenvalue weighted by atomic mass is 10.2. The summed E-state index contributed by atoms with van der Waals surface area (Å²) in [5.74, 6) is 0.0972. The van der Waals surface area contributed by atoms with E-state index in [1.807, 2.05) is 24.6 Å². The van der Waals surface area contributed by atoms with E-state index in [9.17, 15) is 4.79 Å². The molecule has 1 aliphatic rings. The van der Waals surface area contributed by atoms with Gasteiger partial charge in [0.15, 0.2) is 0 Å². The van der Waals surface area contributed by atoms with Gasteiger partial charge >= 0.3 is 0 Å². The molecule has 16 heavy (non-hydrogen) atoms. The Balaban J connectivity index is 1.79. The molecule has 1 aromatic heterocycles. The lowest BCUT2D eigenvalue weighted by Crippen LogP contribution is -2.55. The van der Waals surface area contributed by atoms with Crippen molar-refractivity contribution in [3.05, 3.63) is 22.4 Å². The van der Waals surface area contributed by atoms with E-state index < -0.39 is 0 Å². The number of thiophene rings is 1. The maximum absolute atomic E-state index is 11.8. The standard InChI is InChI=1S/C11H17N3OS/c1-14-5-4-12-10(8-14)11(15)13-7-9-3-2-6-16-9/h2-3,6,10,12H,4-5,7-8H2,1H3,(H,13,15). The highest BCUT2D eigenvalue weighted by Gasteiger charge is 2.22. The number of carbonyl (C=O) groups excluding carboxylic acids is 1. The molecule has 2 N–H and O–H groups in total. The van der Waals surface area contributed by atoms with E-state index in [0.717, 1.165) is 19.6 Å². The summed E-state index contributed by atoms with van der Waals surface area (Å²) in [6, 6.07) is 3.96. The largest absolute Gasteiger partial charge is 0.350 e. The van der Waals surface area contributed by atoms with Crippen LogP contribution in [0.25, 0.3) is 0 Å². The molecular formula is C11H17N3OS. The molecule has 0 saturated carbocycles. The maximum atomic E-state index is 11.8. The van der Waals surface area contributed by atoms with Crippen molar-refractivity contribution in [1.82, 2.24) is 15.5 Å². The summed E-state index contributed by atoms with van der Waals surface area (Å²) < 4.78 is 0. The maximum Gasteiger partial charge on any atom is 0.238 e. The number of amides is 1. The molecule has 0 bridgehead atoms. The molecule has 2 heterocycles. The lowest BCUT2D eigenvalue weighted by Gasteiger charge is -2.29. The topological polar surface area (TPSA) is 44.4 Å². The Morgan fingerprint density at radius 3 is 3.31 bits per heavy atom. The number of hydrogen-bond acceptors (Lipinski definition) is 4. The molecule has 1 atom stereocenters. The lowest BCUT2D eigenvalue weighted by molar-refractivity contribution is -0.124. The Morgan fingerprint density at radius 2 is 2.62 bits per heavy atom. The predicted molar refractivity (Wildman–Crippen MR) is 65.5 cm³/mol. The number of likely N-dealkylation sites (N-methyl/N-ethyl adjacent to an activating group) is 1. The summed E-state index contributed by atoms with van der Waals surface area (Å²) in [6.45, 7) is 3.32. The van der Waals surface area contributed by atoms with Gasteiger partial charge in [0.25, 0.3) is 0 Å². The second-order valence-corrected chi connectivity index (χ2v) is 5.10. The van der Waals surface area contributed by atoms with Gasteiger partial charge in [-0.15, -0.1) is 11.3 Å². The third kappa shape index (κ3) is 3.04. The Bertz CT molecular complexity index is 339. The van der Waals surface area contributed by atoms with Crippen LogP contribution in [-0.4, -0.2) is 43.5 Å². The van der Waals surface area contributed by atoms with Crippen LogP contribution in [0.3, 0.4) is 0 Å². The molecular weight excluding hydrogens is 222 g/mol. The molecule has 1 saturated heterocycles. The molecule has 0 aliphatic carbocycles. The molecule has 1 aliphatic heterocycles. The zero-order valence-electron chi connectivity index (χ0n) is 9.40. The minimum Gasteiger partial charge on any atom is -0.350 e. The van der Waals surface area contributed by atoms with Crippen molar-refractivity contribution in [3.8, 4) is 0 Å². The van der Waals surface area contributed by atoms with Crippen molar-refractivity contribution in [1.29, 1.82) is 0 Å². The van der Waals surface area contributed by atoms with Gasteiger partial charge in [0, 0.05) is 24.5 Å². The van der Waals surface area contributed by atoms with Crippen LogP contribution in [0.15, 0.2) is 17.5 Å². The van der Waals surface area contributed by atoms with Crippen LogP contribution in [0.2, 0.25) is 0 Å². The van der Waals surface area contributed by atoms with Gasteiger partial charge in [-0.2, -0.15) is 0 Å². The van der Waals surface area contributed by atoms with Gasteiger partial charge in [0.2, 0.25) is 5.91 Å². The molecule has 0 radical (unpaired) electrons. The van der Waals surface area contributed by atoms with Gasteiger partial charge < -0.3 is 15.5 Å². The monoisotopic (exact) mass is 239 g/mol. The third-order valence-electron chi connectivity index (χ3n) is 2.71. The van der Waals surface area contributed by atoms with Crippen LogP contribution in [-0.2, 0) is 11.3 Å². The normalized spacial score (nSPS) is 21.9. The fourth-order valence-corrected chi connectivity index (χ4v) is 2.43. The summed E-state index contributed by atoms with van der Waals surface area (Å²) in [6.07, 6.45) is 0. The highest BCUT2D eigenvalue weighted by Crippen LogP contribution is 2.07. The molecule has 0 spiro atoms. The smallest absolute Gasteiger partial charge is 0.238 e. The fraction of sp³-hybridized carbons (Fsp3) is 0.545. The quantitative estimate of drug-likeness (QED) is 0.796. The van der Waals surface area contributed by atoms with Crippen LogP contribution in [0.1, 0.15) is 4.88 Å². The molecule has 1 unspecified atom stereocenters. The van der Waals surface area contributed by atoms with Crippen LogP contribution in [0, 0.1) is 0 Å². The first-order valence-electron chi connectivity index (χ1n) is 5.48. The van der Waals surface area contributed by atoms with Gasteiger partial charge in [0.1, 0.15) is 0 Å². The van der Waals surface area contributed by atoms with Crippen LogP contribution >= 0.6 is 11.3 Å². The Hall–Kier alpha value is -0.910. The number of rotatable bonds is 3. The number of piperazine rings is 1. The molecule has 1 amide bonds. The molecule has 4 nitrogen and oxygen atoms in total. The molecule has 88 valence electrons. The van der Waals surface area contributed by atoms with Crippen molar-refractivity contribution in [2.45, 2.75) is 12.6 Å². The van der Waals surface area contributed by atoms with Crippen LogP contribution in [0.5, 0.6) is 0 Å². The van der Waals surface area contributed by atoms with Crippen LogP contribution < -0.4 is 10.6 Å². The van der Waals surface area contributed by atoms with E-state index in [1.165, 1.54) is 4.88 Å². The van der Waals surface area contributed by atoms with E-state index in [4.69, 9.17) is 0 Å². The van der Waals surface area contributed by atoms with Gasteiger partial charge in [-0.3, -0.25) is 4.79 Å². The summed E-state index contributed by atoms with van der Waals surface area (Å²) >= 11 is 1.67. The number of nitrogens with zero attached hydrogens (tertiary/aromatic N) is 1. The van der Waals surface area contributed by atoms with E-state index in [-0.39, 0.29) is 11.9 Å². The summed E-state index contributed by atoms with van der Waals surface area (Å²) in [7, 11) is 2.04. The fourth-order valence-electron chi connectivity index (χ4n) is 1.78. The predicted octanol–water partition coefficient (Wildman–Crippen LogP) is 0.268. The minimum absolute atomic E-state index is 0.0706. The summed E-state index contributed by atoms with van der Waals surface area (Å²) in [5.41, 5.74) is 0. The van der Waals surface area contributed by atoms with E-state index in [2.05, 4.69) is 15.5 Å². The van der Waals surface area contributed by atoms with Gasteiger partial charge in [-0.05, 0) is 18.5 Å². The van der Waals surface area contributed by atoms with Crippen molar-refractivity contribution in [2.75, 3.05) is 26.7 Å². The number of hydrogen-bond donors (Lipinski definition) is 2. The summed E-state index contributed by atoms with van der Waals surface area (Å²) in [4.78, 5) is 15.2. The van der Waals surface area contributed by atoms with Crippen molar-refractivity contribution in [2.24, 2.45) is 0 Å². The summed E-state index contributed by atoms with van der Waals surface area (Å²) in [5, 5.41) is 8.21. The number of carbonyl (C=O) groups is 1. The zero-order chi connectivity index (χ0) is 11.4. The molecule has 5 heteroatoms. The van der Waals surface area contributed by atoms with Crippen LogP contribution in [0.4, 0.5) is 0 Å². The molecule has 1 aromatic rings. The molecule has 2 rings (SSSR count). The first-order chi connectivity index (χ1) is 7.75. The average molecular weight is 239 g/mol. The highest BCUT2D eigenvalue weighted by atomic mass is 32.1. The van der Waals surface area contributed by atoms with E-state index in [1.54, 1.807) is 11.3 Å². The first-order valence-corrected chi connectivity index (χ1v) is 6.35. The Kier molecular flexibility index (Phi) is 3.93. The van der Waals surface area contributed by atoms with E-state index >= 15 is 0 Å². The second-order valence-electron chi connectivity index (χ2n) is 4.07. The third-order valence-corrected chi connectivity index (χ3v) is 3.59. The minimum atomic E-state index is -0.0706. The van der Waals surface area contributed by atoms with Gasteiger partial charge in [0.05, 0.1) is 12.6 Å². The van der Waals surface area contributed by atoms with E-state index in [0.29, 0.717) is 6.54 Å². The zero-order valence-corrected chi connectivity index (χ0v) is 10.2. The Labute approximate surface area is 99.6 Å². The second kappa shape index (κ2) is 5.43. The molecule has 0 aromatic carbocycles. The SMILES string of the molecule is CN1CCNC(C(=O)NCc2cccs2)C1. The average Bonchev–Trinajstić information content (AvgIpc) is 2.78.